The van der Waals surface area contributed by atoms with Crippen LogP contribution in [-0.2, 0) is 10.3 Å². The van der Waals surface area contributed by atoms with Crippen LogP contribution in [0, 0.1) is 6.92 Å². The lowest BCUT2D eigenvalue weighted by molar-refractivity contribution is 0.465. The van der Waals surface area contributed by atoms with E-state index in [4.69, 9.17) is 4.55 Å². The highest BCUT2D eigenvalue weighted by molar-refractivity contribution is 7.83. The second-order valence-electron chi connectivity index (χ2n) is 2.28. The van der Waals surface area contributed by atoms with Crippen molar-refractivity contribution in [3.8, 4) is 0 Å². The molecule has 0 bridgehead atoms. The normalized spacial score (nSPS) is 11.8. The van der Waals surface area contributed by atoms with Crippen molar-refractivity contribution in [2.24, 2.45) is 0 Å². The Bertz CT molecular complexity index is 176. The highest BCUT2D eigenvalue weighted by Gasteiger charge is 1.99. The standard InChI is InChI=1S/C6H14NO3S/c1-2-3-4-5-6-7-11(8,9)10/h7H,1-6H2,(H,8,9,10). The van der Waals surface area contributed by atoms with Gasteiger partial charge in [-0.25, -0.2) is 0 Å². The van der Waals surface area contributed by atoms with Gasteiger partial charge in [0.05, 0.1) is 0 Å². The lowest BCUT2D eigenvalue weighted by Gasteiger charge is -1.99. The van der Waals surface area contributed by atoms with Crippen molar-refractivity contribution in [3.05, 3.63) is 6.92 Å². The summed E-state index contributed by atoms with van der Waals surface area (Å²) in [5.41, 5.74) is 0. The lowest BCUT2D eigenvalue weighted by atomic mass is 10.2. The third kappa shape index (κ3) is 9.87. The van der Waals surface area contributed by atoms with Crippen molar-refractivity contribution < 1.29 is 13.0 Å². The fraction of sp³-hybridized carbons (Fsp3) is 0.833. The van der Waals surface area contributed by atoms with Gasteiger partial charge in [-0.1, -0.05) is 26.2 Å². The van der Waals surface area contributed by atoms with Crippen LogP contribution in [0.1, 0.15) is 25.7 Å². The molecule has 0 rings (SSSR count). The molecule has 5 heteroatoms. The van der Waals surface area contributed by atoms with E-state index in [-0.39, 0.29) is 0 Å². The number of nitrogens with one attached hydrogen (secondary N) is 1. The number of rotatable bonds is 6. The summed E-state index contributed by atoms with van der Waals surface area (Å²) >= 11 is 0. The number of unbranched alkanes of at least 4 members (excludes halogenated alkanes) is 3. The number of hydrogen-bond donors (Lipinski definition) is 2. The van der Waals surface area contributed by atoms with E-state index < -0.39 is 10.3 Å². The predicted octanol–water partition coefficient (Wildman–Crippen LogP) is 0.773. The van der Waals surface area contributed by atoms with E-state index in [0.717, 1.165) is 25.7 Å². The largest absolute Gasteiger partial charge is 0.333 e. The Morgan fingerprint density at radius 1 is 1.27 bits per heavy atom. The highest BCUT2D eigenvalue weighted by Crippen LogP contribution is 1.96. The molecular formula is C6H14NO3S. The zero-order valence-electron chi connectivity index (χ0n) is 6.41. The van der Waals surface area contributed by atoms with Gasteiger partial charge in [0, 0.05) is 6.54 Å². The quantitative estimate of drug-likeness (QED) is 0.468. The summed E-state index contributed by atoms with van der Waals surface area (Å²) in [6, 6.07) is 0. The van der Waals surface area contributed by atoms with E-state index in [1.165, 1.54) is 0 Å². The minimum Gasteiger partial charge on any atom is -0.273 e. The van der Waals surface area contributed by atoms with Crippen LogP contribution >= 0.6 is 0 Å². The third-order valence-corrected chi connectivity index (χ3v) is 1.78. The van der Waals surface area contributed by atoms with Gasteiger partial charge in [-0.2, -0.15) is 13.1 Å². The topological polar surface area (TPSA) is 66.4 Å². The lowest BCUT2D eigenvalue weighted by Crippen LogP contribution is -2.23. The first kappa shape index (κ1) is 10.9. The molecule has 0 atom stereocenters. The average molecular weight is 180 g/mol. The molecular weight excluding hydrogens is 166 g/mol. The Hall–Kier alpha value is -0.130. The van der Waals surface area contributed by atoms with Gasteiger partial charge in [-0.15, -0.1) is 0 Å². The predicted molar refractivity (Wildman–Crippen MR) is 43.4 cm³/mol. The Labute approximate surface area is 67.9 Å². The molecule has 0 saturated carbocycles. The first-order chi connectivity index (χ1) is 5.06. The Morgan fingerprint density at radius 2 is 1.91 bits per heavy atom. The van der Waals surface area contributed by atoms with Crippen molar-refractivity contribution in [1.29, 1.82) is 0 Å². The maximum atomic E-state index is 10.1. The molecule has 0 aliphatic heterocycles. The van der Waals surface area contributed by atoms with E-state index in [2.05, 4.69) is 6.92 Å². The van der Waals surface area contributed by atoms with Crippen LogP contribution in [0.25, 0.3) is 0 Å². The average Bonchev–Trinajstić information content (AvgIpc) is 1.85. The molecule has 0 heterocycles. The third-order valence-electron chi connectivity index (χ3n) is 1.21. The van der Waals surface area contributed by atoms with Crippen LogP contribution in [0.4, 0.5) is 0 Å². The zero-order chi connectivity index (χ0) is 8.74. The molecule has 2 N–H and O–H groups in total. The maximum absolute atomic E-state index is 10.1. The van der Waals surface area contributed by atoms with Crippen LogP contribution in [0.5, 0.6) is 0 Å². The molecule has 0 aromatic heterocycles. The summed E-state index contributed by atoms with van der Waals surface area (Å²) in [5, 5.41) is 0. The summed E-state index contributed by atoms with van der Waals surface area (Å²) < 4.78 is 30.4. The zero-order valence-corrected chi connectivity index (χ0v) is 7.23. The molecule has 0 spiro atoms. The minimum absolute atomic E-state index is 0.304. The summed E-state index contributed by atoms with van der Waals surface area (Å²) in [5.74, 6) is 0. The maximum Gasteiger partial charge on any atom is 0.333 e. The molecule has 0 aliphatic carbocycles. The summed E-state index contributed by atoms with van der Waals surface area (Å²) in [4.78, 5) is 0. The van der Waals surface area contributed by atoms with E-state index >= 15 is 0 Å². The Balaban J connectivity index is 3.16. The molecule has 67 valence electrons. The van der Waals surface area contributed by atoms with Gasteiger partial charge in [0.15, 0.2) is 0 Å². The SMILES string of the molecule is [CH2]CCCCCNS(=O)(=O)O. The van der Waals surface area contributed by atoms with Crippen LogP contribution in [0.2, 0.25) is 0 Å². The monoisotopic (exact) mass is 180 g/mol. The molecule has 0 aromatic carbocycles. The first-order valence-corrected chi connectivity index (χ1v) is 5.01. The van der Waals surface area contributed by atoms with Gasteiger partial charge < -0.3 is 0 Å². The van der Waals surface area contributed by atoms with Gasteiger partial charge in [-0.3, -0.25) is 4.55 Å². The Morgan fingerprint density at radius 3 is 2.36 bits per heavy atom. The summed E-state index contributed by atoms with van der Waals surface area (Å²) in [6.07, 6.45) is 3.54. The summed E-state index contributed by atoms with van der Waals surface area (Å²) in [6.45, 7) is 3.95. The summed E-state index contributed by atoms with van der Waals surface area (Å²) in [7, 11) is -3.98. The smallest absolute Gasteiger partial charge is 0.273 e. The molecule has 0 aromatic rings. The highest BCUT2D eigenvalue weighted by atomic mass is 32.2. The van der Waals surface area contributed by atoms with Gasteiger partial charge in [0.2, 0.25) is 0 Å². The van der Waals surface area contributed by atoms with E-state index in [9.17, 15) is 8.42 Å². The van der Waals surface area contributed by atoms with E-state index in [0.29, 0.717) is 6.54 Å². The minimum atomic E-state index is -3.98. The van der Waals surface area contributed by atoms with Crippen molar-refractivity contribution >= 4 is 10.3 Å². The van der Waals surface area contributed by atoms with Crippen molar-refractivity contribution in [2.45, 2.75) is 25.7 Å². The van der Waals surface area contributed by atoms with E-state index in [1.54, 1.807) is 0 Å². The van der Waals surface area contributed by atoms with Crippen molar-refractivity contribution in [1.82, 2.24) is 4.72 Å². The molecule has 4 nitrogen and oxygen atoms in total. The molecule has 0 amide bonds. The fourth-order valence-corrected chi connectivity index (χ4v) is 1.08. The molecule has 0 unspecified atom stereocenters. The molecule has 0 saturated heterocycles. The van der Waals surface area contributed by atoms with Crippen LogP contribution in [0.15, 0.2) is 0 Å². The molecule has 1 radical (unpaired) electrons. The van der Waals surface area contributed by atoms with Gasteiger partial charge in [0.25, 0.3) is 0 Å². The first-order valence-electron chi connectivity index (χ1n) is 3.57. The molecule has 11 heavy (non-hydrogen) atoms. The van der Waals surface area contributed by atoms with Crippen LogP contribution in [-0.4, -0.2) is 19.5 Å². The fourth-order valence-electron chi connectivity index (χ4n) is 0.680. The molecule has 0 aliphatic rings. The van der Waals surface area contributed by atoms with Gasteiger partial charge >= 0.3 is 10.3 Å². The second kappa shape index (κ2) is 5.51. The Kier molecular flexibility index (Phi) is 5.45. The van der Waals surface area contributed by atoms with Crippen LogP contribution in [0.3, 0.4) is 0 Å². The second-order valence-corrected chi connectivity index (χ2v) is 3.52. The van der Waals surface area contributed by atoms with Gasteiger partial charge in [-0.05, 0) is 6.42 Å². The van der Waals surface area contributed by atoms with Crippen LogP contribution < -0.4 is 4.72 Å². The number of hydrogen-bond acceptors (Lipinski definition) is 2. The van der Waals surface area contributed by atoms with Crippen molar-refractivity contribution in [3.63, 3.8) is 0 Å². The molecule has 0 fully saturated rings. The van der Waals surface area contributed by atoms with E-state index in [1.807, 2.05) is 4.72 Å². The van der Waals surface area contributed by atoms with Crippen molar-refractivity contribution in [2.75, 3.05) is 6.54 Å². The van der Waals surface area contributed by atoms with Gasteiger partial charge in [0.1, 0.15) is 0 Å².